The molecule has 1 aliphatic heterocycles. The first kappa shape index (κ1) is 31.9. The second-order valence-corrected chi connectivity index (χ2v) is 11.4. The topological polar surface area (TPSA) is 195 Å². The van der Waals surface area contributed by atoms with Crippen LogP contribution in [0.15, 0.2) is 78.6 Å². The maximum absolute atomic E-state index is 13.3. The standard InChI is InChI=1S/C32H32N4O10/c1-31(15-4-16-34(31)30(39)46-19-22-9-13-24(14-10-22)36(43)44)28-25-5-2-3-6-26(25)32(40,17-27(28)37)20-33-29(38)45-18-21-7-11-23(12-8-21)35(41)42/h2-3,5-14,37,40H,4,15-20H2,1H3,(H,33,38)/t31-,32-/m0/s1. The molecule has 0 bridgehead atoms. The summed E-state index contributed by atoms with van der Waals surface area (Å²) in [6.45, 7) is 1.64. The minimum Gasteiger partial charge on any atom is -0.512 e. The van der Waals surface area contributed by atoms with Gasteiger partial charge in [-0.05, 0) is 66.3 Å². The van der Waals surface area contributed by atoms with Gasteiger partial charge in [-0.25, -0.2) is 9.59 Å². The van der Waals surface area contributed by atoms with E-state index in [1.807, 2.05) is 6.92 Å². The SMILES string of the molecule is C[C@@]1(C2=C(O)C[C@](O)(CNC(=O)OCc3ccc([N+](=O)[O-])cc3)c3ccccc32)CCCN1C(=O)OCc1ccc([N+](=O)[O-])cc1. The van der Waals surface area contributed by atoms with Gasteiger partial charge < -0.3 is 25.0 Å². The highest BCUT2D eigenvalue weighted by molar-refractivity contribution is 5.83. The highest BCUT2D eigenvalue weighted by Crippen LogP contribution is 2.49. The van der Waals surface area contributed by atoms with E-state index in [1.54, 1.807) is 29.2 Å². The molecule has 5 rings (SSSR count). The summed E-state index contributed by atoms with van der Waals surface area (Å²) in [5.41, 5.74) is -0.293. The Kier molecular flexibility index (Phi) is 8.91. The lowest BCUT2D eigenvalue weighted by Gasteiger charge is -2.43. The molecule has 240 valence electrons. The van der Waals surface area contributed by atoms with Crippen LogP contribution in [0.1, 0.15) is 48.4 Å². The number of alkyl carbamates (subject to hydrolysis) is 1. The number of aliphatic hydroxyl groups excluding tert-OH is 1. The lowest BCUT2D eigenvalue weighted by atomic mass is 9.72. The predicted octanol–water partition coefficient (Wildman–Crippen LogP) is 5.48. The Bertz CT molecular complexity index is 1690. The van der Waals surface area contributed by atoms with Gasteiger partial charge in [-0.3, -0.25) is 25.1 Å². The fraction of sp³-hybridized carbons (Fsp3) is 0.312. The third kappa shape index (κ3) is 6.47. The number of nitro groups is 2. The first-order valence-corrected chi connectivity index (χ1v) is 14.5. The van der Waals surface area contributed by atoms with Crippen LogP contribution >= 0.6 is 0 Å². The van der Waals surface area contributed by atoms with Crippen molar-refractivity contribution in [2.24, 2.45) is 0 Å². The molecule has 1 heterocycles. The Balaban J connectivity index is 1.28. The van der Waals surface area contributed by atoms with Crippen LogP contribution < -0.4 is 5.32 Å². The van der Waals surface area contributed by atoms with E-state index in [0.29, 0.717) is 47.2 Å². The van der Waals surface area contributed by atoms with Gasteiger partial charge in [-0.1, -0.05) is 24.3 Å². The fourth-order valence-corrected chi connectivity index (χ4v) is 6.07. The van der Waals surface area contributed by atoms with E-state index in [-0.39, 0.29) is 43.3 Å². The number of hydrogen-bond donors (Lipinski definition) is 3. The molecule has 1 aliphatic carbocycles. The number of fused-ring (bicyclic) bond motifs is 1. The van der Waals surface area contributed by atoms with E-state index in [4.69, 9.17) is 9.47 Å². The number of ether oxygens (including phenoxy) is 2. The summed E-state index contributed by atoms with van der Waals surface area (Å²) in [7, 11) is 0. The van der Waals surface area contributed by atoms with E-state index < -0.39 is 33.2 Å². The number of aliphatic hydroxyl groups is 2. The largest absolute Gasteiger partial charge is 0.512 e. The average molecular weight is 633 g/mol. The van der Waals surface area contributed by atoms with Crippen molar-refractivity contribution >= 4 is 29.1 Å². The Morgan fingerprint density at radius 3 is 2.07 bits per heavy atom. The quantitative estimate of drug-likeness (QED) is 0.201. The average Bonchev–Trinajstić information content (AvgIpc) is 3.43. The molecular formula is C32H32N4O10. The maximum atomic E-state index is 13.3. The van der Waals surface area contributed by atoms with Crippen molar-refractivity contribution in [3.8, 4) is 0 Å². The summed E-state index contributed by atoms with van der Waals surface area (Å²) in [5.74, 6) is -0.139. The smallest absolute Gasteiger partial charge is 0.410 e. The van der Waals surface area contributed by atoms with Gasteiger partial charge in [0.25, 0.3) is 11.4 Å². The second kappa shape index (κ2) is 12.9. The molecule has 0 unspecified atom stereocenters. The van der Waals surface area contributed by atoms with Crippen LogP contribution in [0.3, 0.4) is 0 Å². The Hall–Kier alpha value is -5.50. The molecule has 0 saturated carbocycles. The van der Waals surface area contributed by atoms with Crippen LogP contribution in [0.25, 0.3) is 5.57 Å². The molecule has 3 N–H and O–H groups in total. The minimum absolute atomic E-state index is 0.0742. The van der Waals surface area contributed by atoms with Crippen molar-refractivity contribution in [2.75, 3.05) is 13.1 Å². The van der Waals surface area contributed by atoms with E-state index >= 15 is 0 Å². The molecule has 0 spiro atoms. The van der Waals surface area contributed by atoms with E-state index in [2.05, 4.69) is 5.32 Å². The zero-order valence-corrected chi connectivity index (χ0v) is 24.9. The Morgan fingerprint density at radius 2 is 1.48 bits per heavy atom. The first-order valence-electron chi connectivity index (χ1n) is 14.5. The van der Waals surface area contributed by atoms with Gasteiger partial charge in [-0.2, -0.15) is 0 Å². The number of rotatable bonds is 9. The summed E-state index contributed by atoms with van der Waals surface area (Å²) in [6.07, 6.45) is -0.547. The van der Waals surface area contributed by atoms with Crippen LogP contribution in [-0.4, -0.2) is 55.8 Å². The van der Waals surface area contributed by atoms with Gasteiger partial charge >= 0.3 is 12.2 Å². The van der Waals surface area contributed by atoms with Crippen molar-refractivity contribution in [1.29, 1.82) is 0 Å². The number of likely N-dealkylation sites (tertiary alicyclic amines) is 1. The summed E-state index contributed by atoms with van der Waals surface area (Å²) < 4.78 is 10.8. The highest BCUT2D eigenvalue weighted by atomic mass is 16.6. The van der Waals surface area contributed by atoms with Gasteiger partial charge in [0, 0.05) is 42.8 Å². The lowest BCUT2D eigenvalue weighted by Crippen LogP contribution is -2.49. The zero-order chi connectivity index (χ0) is 33.1. The van der Waals surface area contributed by atoms with Crippen molar-refractivity contribution < 1.29 is 39.1 Å². The molecule has 0 radical (unpaired) electrons. The fourth-order valence-electron chi connectivity index (χ4n) is 6.07. The van der Waals surface area contributed by atoms with Gasteiger partial charge in [-0.15, -0.1) is 0 Å². The van der Waals surface area contributed by atoms with Gasteiger partial charge in [0.2, 0.25) is 0 Å². The number of hydrogen-bond acceptors (Lipinski definition) is 10. The molecule has 1 saturated heterocycles. The summed E-state index contributed by atoms with van der Waals surface area (Å²) >= 11 is 0. The molecule has 46 heavy (non-hydrogen) atoms. The second-order valence-electron chi connectivity index (χ2n) is 11.4. The number of carbonyl (C=O) groups is 2. The lowest BCUT2D eigenvalue weighted by molar-refractivity contribution is -0.385. The summed E-state index contributed by atoms with van der Waals surface area (Å²) in [4.78, 5) is 48.1. The molecule has 14 heteroatoms. The van der Waals surface area contributed by atoms with Crippen LogP contribution in [0.5, 0.6) is 0 Å². The first-order chi connectivity index (χ1) is 21.9. The third-order valence-corrected chi connectivity index (χ3v) is 8.40. The Labute approximate surface area is 263 Å². The number of nitrogens with one attached hydrogen (secondary N) is 1. The van der Waals surface area contributed by atoms with Gasteiger partial charge in [0.1, 0.15) is 24.6 Å². The van der Waals surface area contributed by atoms with Crippen LogP contribution in [0, 0.1) is 20.2 Å². The van der Waals surface area contributed by atoms with E-state index in [1.165, 1.54) is 48.5 Å². The van der Waals surface area contributed by atoms with Crippen molar-refractivity contribution in [3.63, 3.8) is 0 Å². The highest BCUT2D eigenvalue weighted by Gasteiger charge is 2.50. The molecule has 2 atom stereocenters. The van der Waals surface area contributed by atoms with E-state index in [9.17, 15) is 40.0 Å². The normalized spacial score (nSPS) is 20.5. The third-order valence-electron chi connectivity index (χ3n) is 8.40. The zero-order valence-electron chi connectivity index (χ0n) is 24.9. The molecule has 14 nitrogen and oxygen atoms in total. The van der Waals surface area contributed by atoms with Crippen molar-refractivity contribution in [2.45, 2.75) is 50.5 Å². The molecular weight excluding hydrogens is 600 g/mol. The van der Waals surface area contributed by atoms with Gasteiger partial charge in [0.05, 0.1) is 21.9 Å². The number of nitro benzene ring substituents is 2. The maximum Gasteiger partial charge on any atom is 0.410 e. The number of amides is 2. The molecule has 2 amide bonds. The van der Waals surface area contributed by atoms with Crippen LogP contribution in [-0.2, 0) is 28.3 Å². The monoisotopic (exact) mass is 632 g/mol. The Morgan fingerprint density at radius 1 is 0.913 bits per heavy atom. The summed E-state index contributed by atoms with van der Waals surface area (Å²) in [6, 6.07) is 18.1. The summed E-state index contributed by atoms with van der Waals surface area (Å²) in [5, 5.41) is 47.5. The number of non-ortho nitro benzene ring substituents is 2. The van der Waals surface area contributed by atoms with Crippen LogP contribution in [0.2, 0.25) is 0 Å². The molecule has 1 fully saturated rings. The minimum atomic E-state index is -1.70. The number of benzene rings is 3. The molecule has 3 aromatic carbocycles. The number of carbonyl (C=O) groups excluding carboxylic acids is 2. The molecule has 0 aromatic heterocycles. The van der Waals surface area contributed by atoms with Gasteiger partial charge in [0.15, 0.2) is 0 Å². The van der Waals surface area contributed by atoms with Crippen LogP contribution in [0.4, 0.5) is 21.0 Å². The van der Waals surface area contributed by atoms with Crippen molar-refractivity contribution in [3.05, 3.63) is 121 Å². The predicted molar refractivity (Wildman–Crippen MR) is 163 cm³/mol. The molecule has 2 aliphatic rings. The van der Waals surface area contributed by atoms with E-state index in [0.717, 1.165) is 0 Å². The number of nitrogens with zero attached hydrogens (tertiary/aromatic N) is 3. The molecule has 3 aromatic rings. The van der Waals surface area contributed by atoms with Crippen molar-refractivity contribution in [1.82, 2.24) is 10.2 Å².